The first-order valence-electron chi connectivity index (χ1n) is 9.12. The van der Waals surface area contributed by atoms with Crippen LogP contribution >= 0.6 is 0 Å². The average Bonchev–Trinajstić information content (AvgIpc) is 2.69. The Kier molecular flexibility index (Phi) is 7.67. The maximum atomic E-state index is 12.4. The molecule has 0 aliphatic heterocycles. The summed E-state index contributed by atoms with van der Waals surface area (Å²) in [5.41, 5.74) is 6.73. The third kappa shape index (κ3) is 6.02. The van der Waals surface area contributed by atoms with Crippen molar-refractivity contribution in [3.63, 3.8) is 0 Å². The Morgan fingerprint density at radius 2 is 1.30 bits per heavy atom. The van der Waals surface area contributed by atoms with E-state index in [1.165, 1.54) is 0 Å². The minimum absolute atomic E-state index is 0.370. The van der Waals surface area contributed by atoms with Crippen LogP contribution in [0.1, 0.15) is 53.0 Å². The van der Waals surface area contributed by atoms with Gasteiger partial charge in [0.25, 0.3) is 11.8 Å². The lowest BCUT2D eigenvalue weighted by Crippen LogP contribution is -2.41. The van der Waals surface area contributed by atoms with E-state index in [1.54, 1.807) is 30.3 Å². The highest BCUT2D eigenvalue weighted by atomic mass is 16.5. The van der Waals surface area contributed by atoms with Crippen molar-refractivity contribution < 1.29 is 19.1 Å². The van der Waals surface area contributed by atoms with Gasteiger partial charge in [-0.25, -0.2) is 0 Å². The van der Waals surface area contributed by atoms with Gasteiger partial charge in [-0.05, 0) is 50.1 Å². The van der Waals surface area contributed by atoms with E-state index < -0.39 is 5.91 Å². The van der Waals surface area contributed by atoms with Gasteiger partial charge >= 0.3 is 0 Å². The van der Waals surface area contributed by atoms with E-state index in [1.807, 2.05) is 32.9 Å². The smallest absolute Gasteiger partial charge is 0.269 e. The van der Waals surface area contributed by atoms with Gasteiger partial charge in [-0.3, -0.25) is 20.4 Å². The predicted octanol–water partition coefficient (Wildman–Crippen LogP) is 3.65. The van der Waals surface area contributed by atoms with E-state index in [4.69, 9.17) is 9.47 Å². The number of carbonyl (C=O) groups is 2. The summed E-state index contributed by atoms with van der Waals surface area (Å²) in [5.74, 6) is 0.306. The molecular weight excluding hydrogens is 344 g/mol. The van der Waals surface area contributed by atoms with Crippen molar-refractivity contribution >= 4 is 11.8 Å². The summed E-state index contributed by atoms with van der Waals surface area (Å²) in [6, 6.07) is 12.0. The number of nitrogens with one attached hydrogen (secondary N) is 2. The van der Waals surface area contributed by atoms with Crippen molar-refractivity contribution in [2.24, 2.45) is 0 Å². The second-order valence-electron chi connectivity index (χ2n) is 6.13. The standard InChI is InChI=1S/C21H26N2O4/c1-4-12-26-18-11-10-17(14-19(18)27-13-5-2)21(25)23-22-20(24)16-8-6-15(3)7-9-16/h6-11,14H,4-5,12-13H2,1-3H3,(H,22,24)(H,23,25). The molecule has 27 heavy (non-hydrogen) atoms. The van der Waals surface area contributed by atoms with E-state index in [0.29, 0.717) is 35.8 Å². The van der Waals surface area contributed by atoms with Crippen LogP contribution in [0.25, 0.3) is 0 Å². The number of ether oxygens (including phenoxy) is 2. The molecule has 0 spiro atoms. The highest BCUT2D eigenvalue weighted by Crippen LogP contribution is 2.28. The third-order valence-corrected chi connectivity index (χ3v) is 3.73. The lowest BCUT2D eigenvalue weighted by Gasteiger charge is -2.14. The second kappa shape index (κ2) is 10.2. The minimum Gasteiger partial charge on any atom is -0.490 e. The van der Waals surface area contributed by atoms with Gasteiger partial charge in [0.2, 0.25) is 0 Å². The highest BCUT2D eigenvalue weighted by molar-refractivity contribution is 5.99. The summed E-state index contributed by atoms with van der Waals surface area (Å²) in [6.45, 7) is 7.06. The molecule has 2 N–H and O–H groups in total. The molecule has 0 saturated carbocycles. The van der Waals surface area contributed by atoms with Crippen LogP contribution in [-0.4, -0.2) is 25.0 Å². The molecule has 0 aromatic heterocycles. The molecule has 0 bridgehead atoms. The molecule has 0 aliphatic carbocycles. The predicted molar refractivity (Wildman–Crippen MR) is 104 cm³/mol. The van der Waals surface area contributed by atoms with Gasteiger partial charge in [-0.1, -0.05) is 31.5 Å². The zero-order valence-electron chi connectivity index (χ0n) is 16.0. The van der Waals surface area contributed by atoms with E-state index in [-0.39, 0.29) is 5.91 Å². The van der Waals surface area contributed by atoms with E-state index in [2.05, 4.69) is 10.9 Å². The largest absolute Gasteiger partial charge is 0.490 e. The number of rotatable bonds is 8. The number of hydrogen-bond donors (Lipinski definition) is 2. The minimum atomic E-state index is -0.432. The maximum Gasteiger partial charge on any atom is 0.269 e. The van der Waals surface area contributed by atoms with E-state index in [0.717, 1.165) is 18.4 Å². The summed E-state index contributed by atoms with van der Waals surface area (Å²) in [7, 11) is 0. The summed E-state index contributed by atoms with van der Waals surface area (Å²) in [4.78, 5) is 24.5. The number of aryl methyl sites for hydroxylation is 1. The van der Waals surface area contributed by atoms with Crippen LogP contribution in [-0.2, 0) is 0 Å². The molecule has 0 saturated heterocycles. The molecule has 2 amide bonds. The van der Waals surface area contributed by atoms with Crippen LogP contribution in [0.2, 0.25) is 0 Å². The van der Waals surface area contributed by atoms with Crippen molar-refractivity contribution in [1.82, 2.24) is 10.9 Å². The summed E-state index contributed by atoms with van der Waals surface area (Å²) in [5, 5.41) is 0. The monoisotopic (exact) mass is 370 g/mol. The van der Waals surface area contributed by atoms with E-state index >= 15 is 0 Å². The SMILES string of the molecule is CCCOc1ccc(C(=O)NNC(=O)c2ccc(C)cc2)cc1OCCC. The van der Waals surface area contributed by atoms with Crippen molar-refractivity contribution in [2.45, 2.75) is 33.6 Å². The Balaban J connectivity index is 2.03. The molecule has 0 fully saturated rings. The molecule has 2 aromatic rings. The van der Waals surface area contributed by atoms with Crippen LogP contribution in [0.4, 0.5) is 0 Å². The molecule has 144 valence electrons. The lowest BCUT2D eigenvalue weighted by atomic mass is 10.1. The Bertz CT molecular complexity index is 772. The molecule has 0 heterocycles. The topological polar surface area (TPSA) is 76.7 Å². The first kappa shape index (κ1) is 20.3. The fourth-order valence-electron chi connectivity index (χ4n) is 2.27. The van der Waals surface area contributed by atoms with E-state index in [9.17, 15) is 9.59 Å². The van der Waals surface area contributed by atoms with Crippen molar-refractivity contribution in [2.75, 3.05) is 13.2 Å². The molecule has 2 rings (SSSR count). The third-order valence-electron chi connectivity index (χ3n) is 3.73. The molecule has 0 aliphatic rings. The van der Waals surface area contributed by atoms with Gasteiger partial charge in [0, 0.05) is 11.1 Å². The molecule has 2 aromatic carbocycles. The number of carbonyl (C=O) groups excluding carboxylic acids is 2. The highest BCUT2D eigenvalue weighted by Gasteiger charge is 2.13. The molecule has 6 heteroatoms. The first-order valence-corrected chi connectivity index (χ1v) is 9.12. The van der Waals surface area contributed by atoms with Crippen LogP contribution in [0.15, 0.2) is 42.5 Å². The lowest BCUT2D eigenvalue weighted by molar-refractivity contribution is 0.0846. The number of hydrazine groups is 1. The van der Waals surface area contributed by atoms with Crippen LogP contribution < -0.4 is 20.3 Å². The second-order valence-corrected chi connectivity index (χ2v) is 6.13. The summed E-state index contributed by atoms with van der Waals surface area (Å²) in [6.07, 6.45) is 1.72. The Morgan fingerprint density at radius 1 is 0.778 bits per heavy atom. The summed E-state index contributed by atoms with van der Waals surface area (Å²) < 4.78 is 11.3. The molecule has 0 unspecified atom stereocenters. The zero-order valence-corrected chi connectivity index (χ0v) is 16.0. The van der Waals surface area contributed by atoms with Crippen LogP contribution in [0.5, 0.6) is 11.5 Å². The number of benzene rings is 2. The molecule has 0 radical (unpaired) electrons. The van der Waals surface area contributed by atoms with Crippen molar-refractivity contribution in [3.8, 4) is 11.5 Å². The molecular formula is C21H26N2O4. The Hall–Kier alpha value is -3.02. The number of amides is 2. The zero-order chi connectivity index (χ0) is 19.6. The first-order chi connectivity index (χ1) is 13.0. The maximum absolute atomic E-state index is 12.4. The normalized spacial score (nSPS) is 10.2. The van der Waals surface area contributed by atoms with Crippen LogP contribution in [0.3, 0.4) is 0 Å². The fraction of sp³-hybridized carbons (Fsp3) is 0.333. The van der Waals surface area contributed by atoms with Gasteiger partial charge in [0.05, 0.1) is 13.2 Å². The van der Waals surface area contributed by atoms with Crippen molar-refractivity contribution in [1.29, 1.82) is 0 Å². The van der Waals surface area contributed by atoms with Gasteiger partial charge in [-0.15, -0.1) is 0 Å². The van der Waals surface area contributed by atoms with Crippen LogP contribution in [0, 0.1) is 6.92 Å². The Labute approximate surface area is 159 Å². The van der Waals surface area contributed by atoms with Gasteiger partial charge in [0.15, 0.2) is 11.5 Å². The average molecular weight is 370 g/mol. The molecule has 0 atom stereocenters. The fourth-order valence-corrected chi connectivity index (χ4v) is 2.27. The van der Waals surface area contributed by atoms with Gasteiger partial charge < -0.3 is 9.47 Å². The quantitative estimate of drug-likeness (QED) is 0.696. The van der Waals surface area contributed by atoms with Gasteiger partial charge in [0.1, 0.15) is 0 Å². The number of hydrogen-bond acceptors (Lipinski definition) is 4. The Morgan fingerprint density at radius 3 is 1.89 bits per heavy atom. The summed E-state index contributed by atoms with van der Waals surface area (Å²) >= 11 is 0. The molecule has 6 nitrogen and oxygen atoms in total. The van der Waals surface area contributed by atoms with Gasteiger partial charge in [-0.2, -0.15) is 0 Å². The van der Waals surface area contributed by atoms with Crippen molar-refractivity contribution in [3.05, 3.63) is 59.2 Å².